The Labute approximate surface area is 143 Å². The molecule has 2 aromatic carbocycles. The Bertz CT molecular complexity index is 897. The van der Waals surface area contributed by atoms with Crippen LogP contribution in [0.1, 0.15) is 34.1 Å². The van der Waals surface area contributed by atoms with Gasteiger partial charge in [0, 0.05) is 34.1 Å². The highest BCUT2D eigenvalue weighted by Gasteiger charge is 2.32. The van der Waals surface area contributed by atoms with Crippen molar-refractivity contribution in [2.75, 3.05) is 19.0 Å². The van der Waals surface area contributed by atoms with Crippen LogP contribution in [-0.2, 0) is 14.3 Å². The number of hydrogen-bond donors (Lipinski definition) is 1. The van der Waals surface area contributed by atoms with Gasteiger partial charge in [0.25, 0.3) is 11.8 Å². The fourth-order valence-electron chi connectivity index (χ4n) is 2.95. The lowest BCUT2D eigenvalue weighted by atomic mass is 9.93. The van der Waals surface area contributed by atoms with Gasteiger partial charge < -0.3 is 10.1 Å². The van der Waals surface area contributed by atoms with Crippen LogP contribution in [0.3, 0.4) is 0 Å². The van der Waals surface area contributed by atoms with Crippen molar-refractivity contribution in [1.29, 1.82) is 0 Å². The molecular weight excluding hydrogens is 324 g/mol. The molecule has 1 aliphatic rings. The van der Waals surface area contributed by atoms with Crippen LogP contribution < -0.4 is 5.32 Å². The second-order valence-corrected chi connectivity index (χ2v) is 5.60. The van der Waals surface area contributed by atoms with E-state index in [1.807, 2.05) is 6.92 Å². The van der Waals surface area contributed by atoms with Gasteiger partial charge in [0.2, 0.25) is 0 Å². The second-order valence-electron chi connectivity index (χ2n) is 5.60. The molecule has 0 aliphatic carbocycles. The van der Waals surface area contributed by atoms with Crippen molar-refractivity contribution in [3.05, 3.63) is 41.5 Å². The largest absolute Gasteiger partial charge is 0.462 e. The number of carbonyl (C=O) groups excluding carboxylic acids is 4. The zero-order valence-electron chi connectivity index (χ0n) is 13.8. The average Bonchev–Trinajstić information content (AvgIpc) is 2.63. The third kappa shape index (κ3) is 2.63. The summed E-state index contributed by atoms with van der Waals surface area (Å²) in [6.45, 7) is 2.23. The van der Waals surface area contributed by atoms with Crippen molar-refractivity contribution in [3.8, 4) is 0 Å². The molecule has 0 unspecified atom stereocenters. The van der Waals surface area contributed by atoms with Crippen LogP contribution in [0.25, 0.3) is 10.8 Å². The Hall–Kier alpha value is -3.22. The first-order chi connectivity index (χ1) is 12.0. The summed E-state index contributed by atoms with van der Waals surface area (Å²) in [6, 6.07) is 8.10. The zero-order chi connectivity index (χ0) is 18.1. The number of carbonyl (C=O) groups is 4. The molecule has 2 aromatic rings. The summed E-state index contributed by atoms with van der Waals surface area (Å²) in [6.07, 6.45) is 0.663. The summed E-state index contributed by atoms with van der Waals surface area (Å²) in [5.41, 5.74) is 1.13. The summed E-state index contributed by atoms with van der Waals surface area (Å²) in [5.74, 6) is -2.67. The maximum atomic E-state index is 12.6. The molecule has 0 radical (unpaired) electrons. The van der Waals surface area contributed by atoms with E-state index in [2.05, 4.69) is 10.1 Å². The van der Waals surface area contributed by atoms with Crippen LogP contribution in [0.4, 0.5) is 5.69 Å². The van der Waals surface area contributed by atoms with Gasteiger partial charge in [-0.05, 0) is 24.6 Å². The molecule has 128 valence electrons. The van der Waals surface area contributed by atoms with Crippen molar-refractivity contribution in [2.24, 2.45) is 0 Å². The molecule has 0 aromatic heterocycles. The fourth-order valence-corrected chi connectivity index (χ4v) is 2.95. The van der Waals surface area contributed by atoms with E-state index in [1.54, 1.807) is 30.3 Å². The highest BCUT2D eigenvalue weighted by Crippen LogP contribution is 2.34. The molecule has 25 heavy (non-hydrogen) atoms. The number of benzene rings is 2. The van der Waals surface area contributed by atoms with Crippen LogP contribution in [0.5, 0.6) is 0 Å². The minimum atomic E-state index is -1.03. The van der Waals surface area contributed by atoms with Crippen molar-refractivity contribution >= 4 is 40.2 Å². The lowest BCUT2D eigenvalue weighted by Gasteiger charge is -2.27. The number of imide groups is 1. The first-order valence-electron chi connectivity index (χ1n) is 7.80. The second kappa shape index (κ2) is 6.35. The van der Waals surface area contributed by atoms with Gasteiger partial charge in [0.1, 0.15) is 0 Å². The number of anilines is 1. The molecule has 0 spiro atoms. The first kappa shape index (κ1) is 16.6. The monoisotopic (exact) mass is 340 g/mol. The van der Waals surface area contributed by atoms with E-state index in [1.165, 1.54) is 4.90 Å². The van der Waals surface area contributed by atoms with Gasteiger partial charge in [-0.25, -0.2) is 4.79 Å². The molecular formula is C18H16N2O5. The summed E-state index contributed by atoms with van der Waals surface area (Å²) in [5, 5.41) is 3.45. The van der Waals surface area contributed by atoms with Crippen LogP contribution in [0.15, 0.2) is 30.3 Å². The van der Waals surface area contributed by atoms with Gasteiger partial charge in [-0.3, -0.25) is 19.3 Å². The van der Waals surface area contributed by atoms with E-state index < -0.39 is 11.9 Å². The highest BCUT2D eigenvalue weighted by molar-refractivity contribution is 6.38. The molecule has 0 fully saturated rings. The number of methoxy groups -OCH3 is 1. The molecule has 1 heterocycles. The molecule has 3 amide bonds. The summed E-state index contributed by atoms with van der Waals surface area (Å²) in [4.78, 5) is 49.6. The van der Waals surface area contributed by atoms with Crippen molar-refractivity contribution in [3.63, 3.8) is 0 Å². The molecule has 3 rings (SSSR count). The van der Waals surface area contributed by atoms with E-state index >= 15 is 0 Å². The summed E-state index contributed by atoms with van der Waals surface area (Å²) < 4.78 is 4.39. The van der Waals surface area contributed by atoms with Crippen LogP contribution in [-0.4, -0.2) is 42.2 Å². The summed E-state index contributed by atoms with van der Waals surface area (Å²) >= 11 is 0. The minimum Gasteiger partial charge on any atom is -0.462 e. The predicted molar refractivity (Wildman–Crippen MR) is 90.3 cm³/mol. The third-order valence-electron chi connectivity index (χ3n) is 4.06. The van der Waals surface area contributed by atoms with Crippen LogP contribution >= 0.6 is 0 Å². The Morgan fingerprint density at radius 1 is 1.08 bits per heavy atom. The number of hydrogen-bond acceptors (Lipinski definition) is 5. The van der Waals surface area contributed by atoms with Gasteiger partial charge in [0.15, 0.2) is 0 Å². The number of nitrogens with zero attached hydrogens (tertiary/aromatic N) is 1. The van der Waals surface area contributed by atoms with Gasteiger partial charge in [0.05, 0.1) is 7.11 Å². The van der Waals surface area contributed by atoms with Crippen LogP contribution in [0.2, 0.25) is 0 Å². The van der Waals surface area contributed by atoms with E-state index in [4.69, 9.17) is 0 Å². The number of rotatable bonds is 3. The van der Waals surface area contributed by atoms with E-state index in [-0.39, 0.29) is 11.8 Å². The quantitative estimate of drug-likeness (QED) is 0.524. The maximum Gasteiger partial charge on any atom is 0.396 e. The topological polar surface area (TPSA) is 92.8 Å². The average molecular weight is 340 g/mol. The lowest BCUT2D eigenvalue weighted by molar-refractivity contribution is -0.150. The number of ether oxygens (including phenoxy) is 1. The van der Waals surface area contributed by atoms with Crippen molar-refractivity contribution in [1.82, 2.24) is 4.90 Å². The minimum absolute atomic E-state index is 0.334. The van der Waals surface area contributed by atoms with E-state index in [9.17, 15) is 19.2 Å². The first-order valence-corrected chi connectivity index (χ1v) is 7.80. The molecule has 1 N–H and O–H groups in total. The predicted octanol–water partition coefficient (Wildman–Crippen LogP) is 1.96. The molecule has 1 aliphatic heterocycles. The standard InChI is InChI=1S/C18H16N2O5/c1-3-9-20-16(22)11-6-4-5-10-13(19-15(21)18(24)25-2)8-7-12(14(10)11)17(20)23/h4-8H,3,9H2,1-2H3,(H,19,21). The van der Waals surface area contributed by atoms with Gasteiger partial charge in [-0.1, -0.05) is 19.1 Å². The Morgan fingerprint density at radius 3 is 2.40 bits per heavy atom. The molecule has 0 bridgehead atoms. The Balaban J connectivity index is 2.15. The molecule has 0 saturated carbocycles. The molecule has 0 atom stereocenters. The molecule has 7 heteroatoms. The normalized spacial score (nSPS) is 13.1. The maximum absolute atomic E-state index is 12.6. The van der Waals surface area contributed by atoms with Crippen molar-refractivity contribution in [2.45, 2.75) is 13.3 Å². The SMILES string of the molecule is CCCN1C(=O)c2cccc3c(NC(=O)C(=O)OC)ccc(c23)C1=O. The van der Waals surface area contributed by atoms with Gasteiger partial charge >= 0.3 is 11.9 Å². The molecule has 0 saturated heterocycles. The number of nitrogens with one attached hydrogen (secondary N) is 1. The lowest BCUT2D eigenvalue weighted by Crippen LogP contribution is -2.40. The molecule has 7 nitrogen and oxygen atoms in total. The number of esters is 1. The highest BCUT2D eigenvalue weighted by atomic mass is 16.5. The number of amides is 3. The van der Waals surface area contributed by atoms with Crippen molar-refractivity contribution < 1.29 is 23.9 Å². The third-order valence-corrected chi connectivity index (χ3v) is 4.06. The Kier molecular flexibility index (Phi) is 4.22. The van der Waals surface area contributed by atoms with Gasteiger partial charge in [-0.2, -0.15) is 0 Å². The Morgan fingerprint density at radius 2 is 1.76 bits per heavy atom. The van der Waals surface area contributed by atoms with Gasteiger partial charge in [-0.15, -0.1) is 0 Å². The fraction of sp³-hybridized carbons (Fsp3) is 0.222. The smallest absolute Gasteiger partial charge is 0.396 e. The zero-order valence-corrected chi connectivity index (χ0v) is 13.8. The summed E-state index contributed by atoms with van der Waals surface area (Å²) in [7, 11) is 1.11. The van der Waals surface area contributed by atoms with Crippen LogP contribution in [0, 0.1) is 0 Å². The van der Waals surface area contributed by atoms with E-state index in [0.29, 0.717) is 40.6 Å². The van der Waals surface area contributed by atoms with E-state index in [0.717, 1.165) is 7.11 Å².